The second-order valence-electron chi connectivity index (χ2n) is 9.30. The number of ether oxygens (including phenoxy) is 4. The average Bonchev–Trinajstić information content (AvgIpc) is 3.42. The van der Waals surface area contributed by atoms with Gasteiger partial charge in [0.25, 0.3) is 0 Å². The molecule has 2 saturated carbocycles. The molecular weight excluding hydrogens is 384 g/mol. The van der Waals surface area contributed by atoms with Crippen LogP contribution in [0.4, 0.5) is 0 Å². The van der Waals surface area contributed by atoms with E-state index >= 15 is 0 Å². The first kappa shape index (κ1) is 22.9. The van der Waals surface area contributed by atoms with Crippen molar-refractivity contribution in [2.24, 2.45) is 5.73 Å². The van der Waals surface area contributed by atoms with Crippen LogP contribution in [0.3, 0.4) is 0 Å². The zero-order valence-electron chi connectivity index (χ0n) is 18.5. The molecular formula is C22H42N4O4. The minimum absolute atomic E-state index is 0.260. The van der Waals surface area contributed by atoms with E-state index in [4.69, 9.17) is 24.7 Å². The third-order valence-corrected chi connectivity index (χ3v) is 7.29. The van der Waals surface area contributed by atoms with Crippen molar-refractivity contribution in [3.05, 3.63) is 0 Å². The Kier molecular flexibility index (Phi) is 8.39. The lowest BCUT2D eigenvalue weighted by Gasteiger charge is -2.36. The first-order valence-corrected chi connectivity index (χ1v) is 12.2. The van der Waals surface area contributed by atoms with E-state index in [1.807, 2.05) is 0 Å². The molecule has 0 radical (unpaired) electrons. The lowest BCUT2D eigenvalue weighted by atomic mass is 9.90. The Hall–Kier alpha value is -0.320. The fraction of sp³-hybridized carbons (Fsp3) is 1.00. The van der Waals surface area contributed by atoms with Crippen LogP contribution >= 0.6 is 0 Å². The van der Waals surface area contributed by atoms with Gasteiger partial charge in [0.2, 0.25) is 0 Å². The average molecular weight is 427 g/mol. The molecule has 8 nitrogen and oxygen atoms in total. The first-order chi connectivity index (χ1) is 14.7. The minimum atomic E-state index is -0.260. The summed E-state index contributed by atoms with van der Waals surface area (Å²) in [5.41, 5.74) is 5.85. The normalized spacial score (nSPS) is 28.8. The topological polar surface area (TPSA) is 90.2 Å². The van der Waals surface area contributed by atoms with Crippen molar-refractivity contribution in [1.29, 1.82) is 0 Å². The summed E-state index contributed by atoms with van der Waals surface area (Å²) in [5, 5.41) is 7.49. The summed E-state index contributed by atoms with van der Waals surface area (Å²) in [6.45, 7) is 8.79. The minimum Gasteiger partial charge on any atom is -0.348 e. The van der Waals surface area contributed by atoms with E-state index < -0.39 is 0 Å². The highest BCUT2D eigenvalue weighted by Gasteiger charge is 2.41. The lowest BCUT2D eigenvalue weighted by molar-refractivity contribution is -0.179. The quantitative estimate of drug-likeness (QED) is 0.473. The van der Waals surface area contributed by atoms with Crippen LogP contribution in [0, 0.1) is 0 Å². The molecule has 2 saturated heterocycles. The fourth-order valence-corrected chi connectivity index (χ4v) is 5.47. The smallest absolute Gasteiger partial charge is 0.168 e. The number of nitrogens with zero attached hydrogens (tertiary/aromatic N) is 1. The number of nitrogens with two attached hydrogens (primary N) is 1. The highest BCUT2D eigenvalue weighted by molar-refractivity contribution is 4.87. The van der Waals surface area contributed by atoms with Crippen LogP contribution in [0.25, 0.3) is 0 Å². The summed E-state index contributed by atoms with van der Waals surface area (Å²) in [6, 6.07) is 1.16. The Labute approximate surface area is 181 Å². The van der Waals surface area contributed by atoms with Gasteiger partial charge in [-0.3, -0.25) is 4.90 Å². The Morgan fingerprint density at radius 2 is 1.07 bits per heavy atom. The molecule has 0 amide bonds. The lowest BCUT2D eigenvalue weighted by Crippen LogP contribution is -2.46. The van der Waals surface area contributed by atoms with Crippen molar-refractivity contribution in [1.82, 2.24) is 15.5 Å². The number of rotatable bonds is 10. The van der Waals surface area contributed by atoms with Gasteiger partial charge in [0.05, 0.1) is 26.4 Å². The van der Waals surface area contributed by atoms with E-state index in [0.29, 0.717) is 18.6 Å². The van der Waals surface area contributed by atoms with Gasteiger partial charge in [-0.2, -0.15) is 0 Å². The molecule has 0 unspecified atom stereocenters. The summed E-state index contributed by atoms with van der Waals surface area (Å²) < 4.78 is 23.3. The van der Waals surface area contributed by atoms with E-state index in [-0.39, 0.29) is 11.6 Å². The second kappa shape index (κ2) is 11.0. The van der Waals surface area contributed by atoms with Gasteiger partial charge in [-0.15, -0.1) is 0 Å². The van der Waals surface area contributed by atoms with Gasteiger partial charge in [-0.25, -0.2) is 0 Å². The predicted octanol–water partition coefficient (Wildman–Crippen LogP) is 0.798. The molecule has 0 aromatic rings. The molecule has 0 bridgehead atoms. The maximum Gasteiger partial charge on any atom is 0.168 e. The molecule has 4 aliphatic rings. The van der Waals surface area contributed by atoms with Gasteiger partial charge in [0.15, 0.2) is 11.6 Å². The van der Waals surface area contributed by atoms with Crippen LogP contribution in [0.2, 0.25) is 0 Å². The van der Waals surface area contributed by atoms with Crippen LogP contribution in [0.5, 0.6) is 0 Å². The molecule has 0 aromatic carbocycles. The van der Waals surface area contributed by atoms with Crippen LogP contribution in [-0.2, 0) is 18.9 Å². The van der Waals surface area contributed by atoms with Gasteiger partial charge in [0, 0.05) is 77.0 Å². The summed E-state index contributed by atoms with van der Waals surface area (Å²) in [4.78, 5) is 2.47. The monoisotopic (exact) mass is 426 g/mol. The van der Waals surface area contributed by atoms with E-state index in [1.165, 1.54) is 0 Å². The summed E-state index contributed by atoms with van der Waals surface area (Å²) in [5.74, 6) is -0.519. The standard InChI is InChI=1S/C22H42N4O4/c23-9-12-26(13-10-24-19-1-5-21(6-2-19)27-15-16-28-21)14-11-25-20-3-7-22(8-4-20)29-17-18-30-22/h19-20,24-25H,1-18,23H2. The molecule has 2 aliphatic carbocycles. The first-order valence-electron chi connectivity index (χ1n) is 12.2. The molecule has 2 spiro atoms. The van der Waals surface area contributed by atoms with Crippen LogP contribution in [0.15, 0.2) is 0 Å². The molecule has 2 heterocycles. The van der Waals surface area contributed by atoms with E-state index in [2.05, 4.69) is 15.5 Å². The van der Waals surface area contributed by atoms with Gasteiger partial charge >= 0.3 is 0 Å². The van der Waals surface area contributed by atoms with Gasteiger partial charge in [-0.1, -0.05) is 0 Å². The summed E-state index contributed by atoms with van der Waals surface area (Å²) in [7, 11) is 0. The fourth-order valence-electron chi connectivity index (χ4n) is 5.47. The molecule has 0 aromatic heterocycles. The van der Waals surface area contributed by atoms with E-state index in [0.717, 1.165) is 111 Å². The molecule has 30 heavy (non-hydrogen) atoms. The third-order valence-electron chi connectivity index (χ3n) is 7.29. The molecule has 0 atom stereocenters. The zero-order valence-corrected chi connectivity index (χ0v) is 18.5. The highest BCUT2D eigenvalue weighted by Crippen LogP contribution is 2.36. The van der Waals surface area contributed by atoms with Crippen molar-refractivity contribution in [3.63, 3.8) is 0 Å². The number of hydrogen-bond acceptors (Lipinski definition) is 8. The van der Waals surface area contributed by atoms with Crippen molar-refractivity contribution in [2.75, 3.05) is 65.7 Å². The molecule has 4 fully saturated rings. The van der Waals surface area contributed by atoms with Crippen LogP contribution in [0.1, 0.15) is 51.4 Å². The maximum atomic E-state index is 5.85. The van der Waals surface area contributed by atoms with Crippen molar-refractivity contribution in [2.45, 2.75) is 75.0 Å². The Morgan fingerprint density at radius 1 is 0.667 bits per heavy atom. The molecule has 8 heteroatoms. The predicted molar refractivity (Wildman–Crippen MR) is 115 cm³/mol. The largest absolute Gasteiger partial charge is 0.348 e. The maximum absolute atomic E-state index is 5.85. The van der Waals surface area contributed by atoms with Crippen molar-refractivity contribution in [3.8, 4) is 0 Å². The SMILES string of the molecule is NCCN(CCNC1CCC2(CC1)OCCO2)CCNC1CCC2(CC1)OCCO2. The number of hydrogen-bond donors (Lipinski definition) is 3. The van der Waals surface area contributed by atoms with Crippen molar-refractivity contribution < 1.29 is 18.9 Å². The Morgan fingerprint density at radius 3 is 1.43 bits per heavy atom. The van der Waals surface area contributed by atoms with E-state index in [1.54, 1.807) is 0 Å². The number of nitrogens with one attached hydrogen (secondary N) is 2. The molecule has 174 valence electrons. The highest BCUT2D eigenvalue weighted by atomic mass is 16.7. The molecule has 2 aliphatic heterocycles. The van der Waals surface area contributed by atoms with Gasteiger partial charge < -0.3 is 35.3 Å². The van der Waals surface area contributed by atoms with Gasteiger partial charge in [0.1, 0.15) is 0 Å². The van der Waals surface area contributed by atoms with Crippen LogP contribution in [-0.4, -0.2) is 94.3 Å². The molecule has 4 rings (SSSR count). The van der Waals surface area contributed by atoms with Crippen molar-refractivity contribution >= 4 is 0 Å². The van der Waals surface area contributed by atoms with Gasteiger partial charge in [-0.05, 0) is 25.7 Å². The Balaban J connectivity index is 1.08. The Bertz CT molecular complexity index is 449. The second-order valence-corrected chi connectivity index (χ2v) is 9.30. The molecule has 4 N–H and O–H groups in total. The summed E-state index contributed by atoms with van der Waals surface area (Å²) >= 11 is 0. The van der Waals surface area contributed by atoms with E-state index in [9.17, 15) is 0 Å². The zero-order chi connectivity index (χ0) is 20.7. The third kappa shape index (κ3) is 6.13. The summed E-state index contributed by atoms with van der Waals surface area (Å²) in [6.07, 6.45) is 8.59. The van der Waals surface area contributed by atoms with Crippen LogP contribution < -0.4 is 16.4 Å².